The van der Waals surface area contributed by atoms with Crippen LogP contribution in [0.3, 0.4) is 0 Å². The van der Waals surface area contributed by atoms with E-state index >= 15 is 0 Å². The summed E-state index contributed by atoms with van der Waals surface area (Å²) in [6, 6.07) is 0.452. The van der Waals surface area contributed by atoms with Gasteiger partial charge in [-0.2, -0.15) is 0 Å². The Morgan fingerprint density at radius 2 is 1.70 bits per heavy atom. The summed E-state index contributed by atoms with van der Waals surface area (Å²) in [5.41, 5.74) is 1.23. The van der Waals surface area contributed by atoms with E-state index in [1.807, 2.05) is 12.4 Å². The Labute approximate surface area is 124 Å². The van der Waals surface area contributed by atoms with Crippen LogP contribution in [0, 0.1) is 5.92 Å². The molecule has 0 spiro atoms. The van der Waals surface area contributed by atoms with Crippen LogP contribution in [0.1, 0.15) is 53.5 Å². The van der Waals surface area contributed by atoms with Crippen molar-refractivity contribution in [3.05, 3.63) is 18.0 Å². The lowest BCUT2D eigenvalue weighted by Gasteiger charge is -2.26. The molecule has 0 fully saturated rings. The SMILES string of the molecule is CC(C)CC(C)N(C)c1ncc(CNC(C)(C)C)cn1. The summed E-state index contributed by atoms with van der Waals surface area (Å²) in [6.07, 6.45) is 4.98. The van der Waals surface area contributed by atoms with E-state index in [9.17, 15) is 0 Å². The molecule has 1 rings (SSSR count). The van der Waals surface area contributed by atoms with Crippen molar-refractivity contribution in [1.82, 2.24) is 15.3 Å². The fraction of sp³-hybridized carbons (Fsp3) is 0.750. The molecule has 0 radical (unpaired) electrons. The Balaban J connectivity index is 2.61. The summed E-state index contributed by atoms with van der Waals surface area (Å²) in [5.74, 6) is 1.49. The highest BCUT2D eigenvalue weighted by atomic mass is 15.2. The molecule has 0 amide bonds. The van der Waals surface area contributed by atoms with Gasteiger partial charge in [0.25, 0.3) is 0 Å². The summed E-state index contributed by atoms with van der Waals surface area (Å²) in [7, 11) is 2.06. The average molecular weight is 278 g/mol. The van der Waals surface area contributed by atoms with Crippen molar-refractivity contribution < 1.29 is 0 Å². The van der Waals surface area contributed by atoms with Gasteiger partial charge in [0.1, 0.15) is 0 Å². The standard InChI is InChI=1S/C16H30N4/c1-12(2)8-13(3)20(7)15-17-9-14(10-18-15)11-19-16(4,5)6/h9-10,12-13,19H,8,11H2,1-7H3. The number of hydrogen-bond acceptors (Lipinski definition) is 4. The third kappa shape index (κ3) is 5.87. The van der Waals surface area contributed by atoms with Crippen LogP contribution in [0.25, 0.3) is 0 Å². The van der Waals surface area contributed by atoms with Crippen LogP contribution in [0.4, 0.5) is 5.95 Å². The largest absolute Gasteiger partial charge is 0.341 e. The lowest BCUT2D eigenvalue weighted by molar-refractivity contribution is 0.423. The molecule has 1 unspecified atom stereocenters. The topological polar surface area (TPSA) is 41.1 Å². The second-order valence-corrected chi connectivity index (χ2v) is 7.08. The number of hydrogen-bond donors (Lipinski definition) is 1. The number of aromatic nitrogens is 2. The predicted octanol–water partition coefficient (Wildman–Crippen LogP) is 3.24. The van der Waals surface area contributed by atoms with Crippen molar-refractivity contribution in [2.24, 2.45) is 5.92 Å². The molecule has 1 N–H and O–H groups in total. The van der Waals surface area contributed by atoms with Gasteiger partial charge in [-0.1, -0.05) is 13.8 Å². The smallest absolute Gasteiger partial charge is 0.225 e. The van der Waals surface area contributed by atoms with Crippen LogP contribution in [0.2, 0.25) is 0 Å². The number of rotatable bonds is 6. The minimum atomic E-state index is 0.112. The first-order valence-electron chi connectivity index (χ1n) is 7.48. The van der Waals surface area contributed by atoms with Gasteiger partial charge < -0.3 is 10.2 Å². The normalized spacial score (nSPS) is 13.6. The molecule has 0 saturated carbocycles. The van der Waals surface area contributed by atoms with Crippen molar-refractivity contribution in [1.29, 1.82) is 0 Å². The van der Waals surface area contributed by atoms with Gasteiger partial charge in [-0.05, 0) is 40.0 Å². The Hall–Kier alpha value is -1.16. The summed E-state index contributed by atoms with van der Waals surface area (Å²) >= 11 is 0. The van der Waals surface area contributed by atoms with E-state index in [0.717, 1.165) is 24.5 Å². The Bertz CT molecular complexity index is 392. The lowest BCUT2D eigenvalue weighted by Crippen LogP contribution is -2.35. The zero-order valence-electron chi connectivity index (χ0n) is 14.1. The average Bonchev–Trinajstić information content (AvgIpc) is 2.34. The van der Waals surface area contributed by atoms with Crippen molar-refractivity contribution in [3.63, 3.8) is 0 Å². The molecule has 1 aromatic heterocycles. The van der Waals surface area contributed by atoms with Crippen LogP contribution < -0.4 is 10.2 Å². The quantitative estimate of drug-likeness (QED) is 0.867. The fourth-order valence-electron chi connectivity index (χ4n) is 2.03. The molecule has 1 heterocycles. The molecular formula is C16H30N4. The molecule has 1 atom stereocenters. The second kappa shape index (κ2) is 7.02. The Morgan fingerprint density at radius 1 is 1.15 bits per heavy atom. The molecule has 0 aliphatic carbocycles. The molecule has 0 aromatic carbocycles. The van der Waals surface area contributed by atoms with Crippen molar-refractivity contribution in [3.8, 4) is 0 Å². The molecule has 20 heavy (non-hydrogen) atoms. The summed E-state index contributed by atoms with van der Waals surface area (Å²) in [4.78, 5) is 11.1. The van der Waals surface area contributed by atoms with Crippen LogP contribution >= 0.6 is 0 Å². The first-order chi connectivity index (χ1) is 9.19. The van der Waals surface area contributed by atoms with E-state index in [4.69, 9.17) is 0 Å². The maximum atomic E-state index is 4.48. The minimum Gasteiger partial charge on any atom is -0.341 e. The maximum Gasteiger partial charge on any atom is 0.225 e. The van der Waals surface area contributed by atoms with Crippen LogP contribution in [0.15, 0.2) is 12.4 Å². The molecular weight excluding hydrogens is 248 g/mol. The molecule has 0 aliphatic heterocycles. The van der Waals surface area contributed by atoms with Crippen molar-refractivity contribution in [2.75, 3.05) is 11.9 Å². The fourth-order valence-corrected chi connectivity index (χ4v) is 2.03. The van der Waals surface area contributed by atoms with E-state index < -0.39 is 0 Å². The zero-order valence-corrected chi connectivity index (χ0v) is 14.1. The molecule has 4 heteroatoms. The lowest BCUT2D eigenvalue weighted by atomic mass is 10.0. The first kappa shape index (κ1) is 16.9. The van der Waals surface area contributed by atoms with E-state index in [0.29, 0.717) is 12.0 Å². The van der Waals surface area contributed by atoms with Gasteiger partial charge in [-0.25, -0.2) is 9.97 Å². The van der Waals surface area contributed by atoms with Crippen LogP contribution in [0.5, 0.6) is 0 Å². The van der Waals surface area contributed by atoms with E-state index in [1.54, 1.807) is 0 Å². The first-order valence-corrected chi connectivity index (χ1v) is 7.48. The highest BCUT2D eigenvalue weighted by Gasteiger charge is 2.14. The third-order valence-corrected chi connectivity index (χ3v) is 3.30. The minimum absolute atomic E-state index is 0.112. The zero-order chi connectivity index (χ0) is 15.3. The molecule has 0 aliphatic rings. The molecule has 0 bridgehead atoms. The van der Waals surface area contributed by atoms with Gasteiger partial charge in [-0.3, -0.25) is 0 Å². The number of anilines is 1. The second-order valence-electron chi connectivity index (χ2n) is 7.08. The van der Waals surface area contributed by atoms with Gasteiger partial charge >= 0.3 is 0 Å². The van der Waals surface area contributed by atoms with Gasteiger partial charge in [0.2, 0.25) is 5.95 Å². The monoisotopic (exact) mass is 278 g/mol. The third-order valence-electron chi connectivity index (χ3n) is 3.30. The Morgan fingerprint density at radius 3 is 2.15 bits per heavy atom. The molecule has 4 nitrogen and oxygen atoms in total. The summed E-state index contributed by atoms with van der Waals surface area (Å²) in [6.45, 7) is 14.0. The molecule has 0 saturated heterocycles. The molecule has 114 valence electrons. The summed E-state index contributed by atoms with van der Waals surface area (Å²) < 4.78 is 0. The predicted molar refractivity (Wildman–Crippen MR) is 85.9 cm³/mol. The maximum absolute atomic E-state index is 4.48. The van der Waals surface area contributed by atoms with Gasteiger partial charge in [-0.15, -0.1) is 0 Å². The van der Waals surface area contributed by atoms with Crippen molar-refractivity contribution in [2.45, 2.75) is 66.1 Å². The van der Waals surface area contributed by atoms with Crippen LogP contribution in [-0.4, -0.2) is 28.6 Å². The summed E-state index contributed by atoms with van der Waals surface area (Å²) in [5, 5.41) is 3.44. The molecule has 1 aromatic rings. The van der Waals surface area contributed by atoms with Crippen LogP contribution in [-0.2, 0) is 6.54 Å². The van der Waals surface area contributed by atoms with E-state index in [1.165, 1.54) is 0 Å². The Kier molecular flexibility index (Phi) is 5.93. The highest BCUT2D eigenvalue weighted by Crippen LogP contribution is 2.15. The van der Waals surface area contributed by atoms with E-state index in [2.05, 4.69) is 68.8 Å². The number of nitrogens with zero attached hydrogens (tertiary/aromatic N) is 3. The van der Waals surface area contributed by atoms with Gasteiger partial charge in [0.05, 0.1) is 0 Å². The van der Waals surface area contributed by atoms with Gasteiger partial charge in [0, 0.05) is 43.1 Å². The number of nitrogens with one attached hydrogen (secondary N) is 1. The highest BCUT2D eigenvalue weighted by molar-refractivity contribution is 5.29. The van der Waals surface area contributed by atoms with Crippen molar-refractivity contribution >= 4 is 5.95 Å². The van der Waals surface area contributed by atoms with E-state index in [-0.39, 0.29) is 5.54 Å². The van der Waals surface area contributed by atoms with Gasteiger partial charge in [0.15, 0.2) is 0 Å².